The number of nitrogens with one attached hydrogen (secondary N) is 1. The van der Waals surface area contributed by atoms with E-state index < -0.39 is 5.60 Å². The summed E-state index contributed by atoms with van der Waals surface area (Å²) in [5.41, 5.74) is 1.96. The molecule has 1 aromatic rings. The summed E-state index contributed by atoms with van der Waals surface area (Å²) in [7, 11) is 0. The van der Waals surface area contributed by atoms with Crippen molar-refractivity contribution in [2.24, 2.45) is 0 Å². The Kier molecular flexibility index (Phi) is 4.16. The molecule has 2 atom stereocenters. The molecule has 2 unspecified atom stereocenters. The van der Waals surface area contributed by atoms with Crippen molar-refractivity contribution in [3.05, 3.63) is 29.8 Å². The number of hydrogen-bond acceptors (Lipinski definition) is 3. The zero-order valence-corrected chi connectivity index (χ0v) is 12.5. The van der Waals surface area contributed by atoms with Gasteiger partial charge >= 0.3 is 0 Å². The summed E-state index contributed by atoms with van der Waals surface area (Å²) in [5.74, 6) is 0. The molecule has 106 valence electrons. The predicted octanol–water partition coefficient (Wildman–Crippen LogP) is 2.19. The van der Waals surface area contributed by atoms with E-state index in [1.54, 1.807) is 0 Å². The highest BCUT2D eigenvalue weighted by molar-refractivity contribution is 5.59. The Labute approximate surface area is 116 Å². The van der Waals surface area contributed by atoms with Crippen LogP contribution in [0.2, 0.25) is 0 Å². The van der Waals surface area contributed by atoms with Gasteiger partial charge in [0.25, 0.3) is 0 Å². The molecule has 2 rings (SSSR count). The average molecular weight is 262 g/mol. The van der Waals surface area contributed by atoms with Gasteiger partial charge in [-0.05, 0) is 31.9 Å². The Morgan fingerprint density at radius 2 is 2.11 bits per heavy atom. The fraction of sp³-hybridized carbons (Fsp3) is 0.625. The van der Waals surface area contributed by atoms with Crippen molar-refractivity contribution >= 4 is 5.69 Å². The summed E-state index contributed by atoms with van der Waals surface area (Å²) in [5, 5.41) is 13.9. The molecular weight excluding hydrogens is 236 g/mol. The second-order valence-corrected chi connectivity index (χ2v) is 6.34. The van der Waals surface area contributed by atoms with Crippen LogP contribution in [0.3, 0.4) is 0 Å². The Balaban J connectivity index is 2.06. The highest BCUT2D eigenvalue weighted by atomic mass is 16.3. The van der Waals surface area contributed by atoms with Crippen molar-refractivity contribution in [2.45, 2.75) is 51.8 Å². The van der Waals surface area contributed by atoms with Gasteiger partial charge in [0.05, 0.1) is 5.60 Å². The van der Waals surface area contributed by atoms with Crippen molar-refractivity contribution in [3.8, 4) is 0 Å². The van der Waals surface area contributed by atoms with Crippen LogP contribution in [0.4, 0.5) is 5.69 Å². The standard InChI is InChI=1S/C16H26N2O/c1-12(2)17-10-16(4,19)11-18-13(3)9-14-7-5-6-8-15(14)18/h5-8,12-13,17,19H,9-11H2,1-4H3. The largest absolute Gasteiger partial charge is 0.387 e. The van der Waals surface area contributed by atoms with E-state index in [1.807, 2.05) is 6.92 Å². The number of rotatable bonds is 5. The maximum atomic E-state index is 10.6. The first kappa shape index (κ1) is 14.4. The number of fused-ring (bicyclic) bond motifs is 1. The van der Waals surface area contributed by atoms with E-state index in [1.165, 1.54) is 11.3 Å². The van der Waals surface area contributed by atoms with Crippen molar-refractivity contribution in [2.75, 3.05) is 18.0 Å². The molecule has 2 N–H and O–H groups in total. The van der Waals surface area contributed by atoms with Crippen LogP contribution in [0, 0.1) is 0 Å². The third-order valence-electron chi connectivity index (χ3n) is 3.75. The van der Waals surface area contributed by atoms with E-state index >= 15 is 0 Å². The van der Waals surface area contributed by atoms with E-state index in [0.29, 0.717) is 25.2 Å². The van der Waals surface area contributed by atoms with E-state index in [9.17, 15) is 5.11 Å². The molecule has 3 nitrogen and oxygen atoms in total. The Hall–Kier alpha value is -1.06. The van der Waals surface area contributed by atoms with E-state index in [4.69, 9.17) is 0 Å². The topological polar surface area (TPSA) is 35.5 Å². The monoisotopic (exact) mass is 262 g/mol. The van der Waals surface area contributed by atoms with Crippen molar-refractivity contribution < 1.29 is 5.11 Å². The molecule has 0 saturated carbocycles. The number of β-amino-alcohol motifs (C(OH)–C–C–N with tert-alkyl or cyclic N) is 1. The van der Waals surface area contributed by atoms with E-state index in [-0.39, 0.29) is 0 Å². The van der Waals surface area contributed by atoms with Crippen LogP contribution in [0.5, 0.6) is 0 Å². The minimum atomic E-state index is -0.712. The first-order valence-electron chi connectivity index (χ1n) is 7.19. The van der Waals surface area contributed by atoms with E-state index in [2.05, 4.69) is 55.3 Å². The van der Waals surface area contributed by atoms with Gasteiger partial charge in [0, 0.05) is 30.9 Å². The minimum absolute atomic E-state index is 0.398. The van der Waals surface area contributed by atoms with Crippen molar-refractivity contribution in [1.82, 2.24) is 5.32 Å². The summed E-state index contributed by atoms with van der Waals surface area (Å²) in [6.45, 7) is 9.64. The summed E-state index contributed by atoms with van der Waals surface area (Å²) in [6, 6.07) is 9.37. The van der Waals surface area contributed by atoms with Crippen molar-refractivity contribution in [3.63, 3.8) is 0 Å². The third kappa shape index (κ3) is 3.48. The predicted molar refractivity (Wildman–Crippen MR) is 80.7 cm³/mol. The molecule has 0 fully saturated rings. The van der Waals surface area contributed by atoms with Gasteiger partial charge in [-0.15, -0.1) is 0 Å². The number of hydrogen-bond donors (Lipinski definition) is 2. The number of para-hydroxylation sites is 1. The van der Waals surface area contributed by atoms with Crippen LogP contribution in [-0.2, 0) is 6.42 Å². The average Bonchev–Trinajstić information content (AvgIpc) is 2.64. The number of nitrogens with zero attached hydrogens (tertiary/aromatic N) is 1. The zero-order chi connectivity index (χ0) is 14.0. The first-order chi connectivity index (χ1) is 8.89. The van der Waals surface area contributed by atoms with Crippen LogP contribution in [0.15, 0.2) is 24.3 Å². The zero-order valence-electron chi connectivity index (χ0n) is 12.5. The van der Waals surface area contributed by atoms with Gasteiger partial charge in [0.1, 0.15) is 0 Å². The summed E-state index contributed by atoms with van der Waals surface area (Å²) in [6.07, 6.45) is 1.07. The van der Waals surface area contributed by atoms with Gasteiger partial charge < -0.3 is 15.3 Å². The van der Waals surface area contributed by atoms with Gasteiger partial charge in [0.2, 0.25) is 0 Å². The molecule has 1 aliphatic heterocycles. The maximum Gasteiger partial charge on any atom is 0.0917 e. The van der Waals surface area contributed by atoms with Crippen molar-refractivity contribution in [1.29, 1.82) is 0 Å². The lowest BCUT2D eigenvalue weighted by atomic mass is 10.1. The number of aliphatic hydroxyl groups is 1. The van der Waals surface area contributed by atoms with Crippen LogP contribution in [0.25, 0.3) is 0 Å². The molecule has 0 aromatic heterocycles. The molecule has 1 aliphatic rings. The Bertz CT molecular complexity index is 429. The second-order valence-electron chi connectivity index (χ2n) is 6.34. The summed E-state index contributed by atoms with van der Waals surface area (Å²) in [4.78, 5) is 2.33. The highest BCUT2D eigenvalue weighted by Gasteiger charge is 2.31. The van der Waals surface area contributed by atoms with Crippen LogP contribution < -0.4 is 10.2 Å². The lowest BCUT2D eigenvalue weighted by Gasteiger charge is -2.34. The van der Waals surface area contributed by atoms with E-state index in [0.717, 1.165) is 6.42 Å². The summed E-state index contributed by atoms with van der Waals surface area (Å²) >= 11 is 0. The normalized spacial score (nSPS) is 21.6. The fourth-order valence-corrected chi connectivity index (χ4v) is 2.72. The van der Waals surface area contributed by atoms with Crippen LogP contribution >= 0.6 is 0 Å². The SMILES string of the molecule is CC(C)NCC(C)(O)CN1c2ccccc2CC1C. The second kappa shape index (κ2) is 5.51. The Morgan fingerprint density at radius 3 is 2.79 bits per heavy atom. The molecule has 1 aromatic carbocycles. The molecule has 0 spiro atoms. The van der Waals surface area contributed by atoms with Gasteiger partial charge in [0.15, 0.2) is 0 Å². The smallest absolute Gasteiger partial charge is 0.0917 e. The molecule has 0 bridgehead atoms. The first-order valence-corrected chi connectivity index (χ1v) is 7.19. The molecule has 3 heteroatoms. The van der Waals surface area contributed by atoms with Crippen LogP contribution in [0.1, 0.15) is 33.3 Å². The third-order valence-corrected chi connectivity index (χ3v) is 3.75. The van der Waals surface area contributed by atoms with Crippen LogP contribution in [-0.4, -0.2) is 35.9 Å². The summed E-state index contributed by atoms with van der Waals surface area (Å²) < 4.78 is 0. The van der Waals surface area contributed by atoms with Gasteiger partial charge in [-0.1, -0.05) is 32.0 Å². The minimum Gasteiger partial charge on any atom is -0.387 e. The molecule has 0 aliphatic carbocycles. The quantitative estimate of drug-likeness (QED) is 0.854. The van der Waals surface area contributed by atoms with Gasteiger partial charge in [-0.3, -0.25) is 0 Å². The number of benzene rings is 1. The molecule has 0 radical (unpaired) electrons. The lowest BCUT2D eigenvalue weighted by molar-refractivity contribution is 0.0634. The number of anilines is 1. The molecule has 19 heavy (non-hydrogen) atoms. The molecule has 0 saturated heterocycles. The maximum absolute atomic E-state index is 10.6. The van der Waals surface area contributed by atoms with Gasteiger partial charge in [-0.2, -0.15) is 0 Å². The molecular formula is C16H26N2O. The molecule has 1 heterocycles. The highest BCUT2D eigenvalue weighted by Crippen LogP contribution is 2.32. The molecule has 0 amide bonds. The Morgan fingerprint density at radius 1 is 1.42 bits per heavy atom. The van der Waals surface area contributed by atoms with Gasteiger partial charge in [-0.25, -0.2) is 0 Å². The lowest BCUT2D eigenvalue weighted by Crippen LogP contribution is -2.50. The fourth-order valence-electron chi connectivity index (χ4n) is 2.72.